The van der Waals surface area contributed by atoms with Crippen LogP contribution in [0.4, 0.5) is 0 Å². The Bertz CT molecular complexity index is 1240. The molecule has 5 heteroatoms. The average molecular weight is 399 g/mol. The van der Waals surface area contributed by atoms with E-state index in [-0.39, 0.29) is 5.91 Å². The third kappa shape index (κ3) is 4.10. The van der Waals surface area contributed by atoms with Crippen molar-refractivity contribution >= 4 is 16.7 Å². The Morgan fingerprint density at radius 3 is 2.50 bits per heavy atom. The van der Waals surface area contributed by atoms with Crippen LogP contribution in [0.25, 0.3) is 22.1 Å². The van der Waals surface area contributed by atoms with Crippen LogP contribution in [0.1, 0.15) is 15.9 Å². The summed E-state index contributed by atoms with van der Waals surface area (Å²) in [7, 11) is 1.63. The third-order valence-corrected chi connectivity index (χ3v) is 4.97. The van der Waals surface area contributed by atoms with E-state index in [9.17, 15) is 9.59 Å². The maximum atomic E-state index is 12.8. The molecule has 0 aliphatic carbocycles. The lowest BCUT2D eigenvalue weighted by Gasteiger charge is -2.10. The smallest absolute Gasteiger partial charge is 0.344 e. The van der Waals surface area contributed by atoms with Gasteiger partial charge in [-0.3, -0.25) is 4.79 Å². The molecule has 0 saturated carbocycles. The molecule has 1 aromatic heterocycles. The summed E-state index contributed by atoms with van der Waals surface area (Å²) < 4.78 is 10.7. The van der Waals surface area contributed by atoms with E-state index in [0.29, 0.717) is 35.2 Å². The summed E-state index contributed by atoms with van der Waals surface area (Å²) in [5.74, 6) is 0.961. The molecule has 0 radical (unpaired) electrons. The van der Waals surface area contributed by atoms with Gasteiger partial charge in [0.05, 0.1) is 18.1 Å². The minimum absolute atomic E-state index is 0.213. The second kappa shape index (κ2) is 8.66. The Hall–Kier alpha value is -3.86. The van der Waals surface area contributed by atoms with E-state index in [1.807, 2.05) is 42.5 Å². The van der Waals surface area contributed by atoms with Crippen molar-refractivity contribution in [3.05, 3.63) is 100 Å². The fourth-order valence-electron chi connectivity index (χ4n) is 3.37. The van der Waals surface area contributed by atoms with Gasteiger partial charge in [-0.1, -0.05) is 48.5 Å². The van der Waals surface area contributed by atoms with Crippen molar-refractivity contribution in [3.63, 3.8) is 0 Å². The molecule has 0 aliphatic heterocycles. The molecule has 3 aromatic carbocycles. The molecular formula is C25H21NO4. The van der Waals surface area contributed by atoms with Gasteiger partial charge in [0.25, 0.3) is 5.91 Å². The van der Waals surface area contributed by atoms with E-state index >= 15 is 0 Å². The van der Waals surface area contributed by atoms with Gasteiger partial charge in [0, 0.05) is 12.1 Å². The molecule has 4 aromatic rings. The number of rotatable bonds is 6. The minimum Gasteiger partial charge on any atom is -0.497 e. The number of ether oxygens (including phenoxy) is 1. The van der Waals surface area contributed by atoms with Gasteiger partial charge in [0.2, 0.25) is 0 Å². The number of nitrogens with one attached hydrogen (secondary N) is 1. The van der Waals surface area contributed by atoms with Gasteiger partial charge in [-0.2, -0.15) is 0 Å². The van der Waals surface area contributed by atoms with E-state index in [1.54, 1.807) is 43.5 Å². The molecule has 1 heterocycles. The maximum Gasteiger partial charge on any atom is 0.344 e. The van der Waals surface area contributed by atoms with Crippen molar-refractivity contribution in [3.8, 4) is 17.1 Å². The van der Waals surface area contributed by atoms with E-state index in [1.165, 1.54) is 0 Å². The number of methoxy groups -OCH3 is 1. The van der Waals surface area contributed by atoms with E-state index in [0.717, 1.165) is 16.7 Å². The SMILES string of the molecule is COc1ccc(CCNC(=O)c2ccccc2-c2cc3ccccc3c(=O)o2)cc1. The quantitative estimate of drug-likeness (QED) is 0.520. The highest BCUT2D eigenvalue weighted by atomic mass is 16.5. The number of carbonyl (C=O) groups excluding carboxylic acids is 1. The Morgan fingerprint density at radius 1 is 0.967 bits per heavy atom. The van der Waals surface area contributed by atoms with Crippen molar-refractivity contribution in [1.82, 2.24) is 5.32 Å². The molecule has 5 nitrogen and oxygen atoms in total. The van der Waals surface area contributed by atoms with Gasteiger partial charge < -0.3 is 14.5 Å². The van der Waals surface area contributed by atoms with Gasteiger partial charge in [-0.05, 0) is 47.7 Å². The summed E-state index contributed by atoms with van der Waals surface area (Å²) in [6.07, 6.45) is 0.697. The molecule has 0 aliphatic rings. The fourth-order valence-corrected chi connectivity index (χ4v) is 3.37. The van der Waals surface area contributed by atoms with Crippen LogP contribution < -0.4 is 15.7 Å². The molecule has 0 bridgehead atoms. The standard InChI is InChI=1S/C25H21NO4/c1-29-19-12-10-17(11-13-19)14-15-26-24(27)22-9-5-4-8-21(22)23-16-18-6-2-3-7-20(18)25(28)30-23/h2-13,16H,14-15H2,1H3,(H,26,27). The van der Waals surface area contributed by atoms with Crippen LogP contribution in [0.15, 0.2) is 88.1 Å². The fraction of sp³-hybridized carbons (Fsp3) is 0.120. The summed E-state index contributed by atoms with van der Waals surface area (Å²) in [6, 6.07) is 23.9. The van der Waals surface area contributed by atoms with Gasteiger partial charge in [0.15, 0.2) is 0 Å². The van der Waals surface area contributed by atoms with E-state index in [2.05, 4.69) is 5.32 Å². The van der Waals surface area contributed by atoms with Crippen LogP contribution in [0.3, 0.4) is 0 Å². The van der Waals surface area contributed by atoms with Crippen LogP contribution in [-0.4, -0.2) is 19.6 Å². The number of carbonyl (C=O) groups is 1. The summed E-state index contributed by atoms with van der Waals surface area (Å²) in [5, 5.41) is 4.24. The molecule has 0 saturated heterocycles. The highest BCUT2D eigenvalue weighted by Gasteiger charge is 2.15. The zero-order valence-corrected chi connectivity index (χ0v) is 16.6. The summed E-state index contributed by atoms with van der Waals surface area (Å²) >= 11 is 0. The van der Waals surface area contributed by atoms with Gasteiger partial charge >= 0.3 is 5.63 Å². The zero-order valence-electron chi connectivity index (χ0n) is 16.6. The second-order valence-electron chi connectivity index (χ2n) is 6.88. The number of hydrogen-bond acceptors (Lipinski definition) is 4. The van der Waals surface area contributed by atoms with Crippen LogP contribution >= 0.6 is 0 Å². The lowest BCUT2D eigenvalue weighted by Crippen LogP contribution is -2.26. The third-order valence-electron chi connectivity index (χ3n) is 4.97. The first-order valence-electron chi connectivity index (χ1n) is 9.69. The average Bonchev–Trinajstić information content (AvgIpc) is 2.79. The monoisotopic (exact) mass is 399 g/mol. The first-order valence-corrected chi connectivity index (χ1v) is 9.69. The largest absolute Gasteiger partial charge is 0.497 e. The zero-order chi connectivity index (χ0) is 20.9. The number of amides is 1. The number of fused-ring (bicyclic) bond motifs is 1. The summed E-state index contributed by atoms with van der Waals surface area (Å²) in [4.78, 5) is 25.2. The minimum atomic E-state index is -0.419. The molecule has 30 heavy (non-hydrogen) atoms. The Balaban J connectivity index is 1.54. The molecular weight excluding hydrogens is 378 g/mol. The van der Waals surface area contributed by atoms with Gasteiger partial charge in [-0.25, -0.2) is 4.79 Å². The normalized spacial score (nSPS) is 10.7. The first kappa shape index (κ1) is 19.5. The maximum absolute atomic E-state index is 12.8. The van der Waals surface area contributed by atoms with Crippen molar-refractivity contribution in [2.45, 2.75) is 6.42 Å². The molecule has 4 rings (SSSR count). The number of hydrogen-bond donors (Lipinski definition) is 1. The van der Waals surface area contributed by atoms with Crippen molar-refractivity contribution in [2.24, 2.45) is 0 Å². The predicted molar refractivity (Wildman–Crippen MR) is 117 cm³/mol. The molecule has 1 amide bonds. The highest BCUT2D eigenvalue weighted by molar-refractivity contribution is 6.00. The van der Waals surface area contributed by atoms with Crippen LogP contribution in [0, 0.1) is 0 Å². The Labute approximate surface area is 173 Å². The summed E-state index contributed by atoms with van der Waals surface area (Å²) in [6.45, 7) is 0.487. The molecule has 0 fully saturated rings. The predicted octanol–water partition coefficient (Wildman–Crippen LogP) is 4.44. The van der Waals surface area contributed by atoms with Crippen LogP contribution in [-0.2, 0) is 6.42 Å². The Kier molecular flexibility index (Phi) is 5.61. The molecule has 150 valence electrons. The van der Waals surface area contributed by atoms with Crippen molar-refractivity contribution < 1.29 is 13.9 Å². The van der Waals surface area contributed by atoms with Gasteiger partial charge in [-0.15, -0.1) is 0 Å². The molecule has 0 spiro atoms. The Morgan fingerprint density at radius 2 is 1.70 bits per heavy atom. The van der Waals surface area contributed by atoms with E-state index < -0.39 is 5.63 Å². The first-order chi connectivity index (χ1) is 14.7. The van der Waals surface area contributed by atoms with Crippen molar-refractivity contribution in [2.75, 3.05) is 13.7 Å². The molecule has 0 atom stereocenters. The van der Waals surface area contributed by atoms with Crippen LogP contribution in [0.2, 0.25) is 0 Å². The van der Waals surface area contributed by atoms with Gasteiger partial charge in [0.1, 0.15) is 11.5 Å². The lowest BCUT2D eigenvalue weighted by atomic mass is 10.0. The molecule has 1 N–H and O–H groups in total. The topological polar surface area (TPSA) is 68.5 Å². The highest BCUT2D eigenvalue weighted by Crippen LogP contribution is 2.25. The second-order valence-corrected chi connectivity index (χ2v) is 6.88. The van der Waals surface area contributed by atoms with E-state index in [4.69, 9.17) is 9.15 Å². The van der Waals surface area contributed by atoms with Crippen LogP contribution in [0.5, 0.6) is 5.75 Å². The summed E-state index contributed by atoms with van der Waals surface area (Å²) in [5.41, 5.74) is 1.73. The lowest BCUT2D eigenvalue weighted by molar-refractivity contribution is 0.0954. The number of benzene rings is 3. The molecule has 0 unspecified atom stereocenters. The van der Waals surface area contributed by atoms with Crippen molar-refractivity contribution in [1.29, 1.82) is 0 Å².